The van der Waals surface area contributed by atoms with Gasteiger partial charge in [-0.3, -0.25) is 5.10 Å². The van der Waals surface area contributed by atoms with E-state index in [9.17, 15) is 5.11 Å². The summed E-state index contributed by atoms with van der Waals surface area (Å²) in [6.07, 6.45) is 5.76. The average Bonchev–Trinajstić information content (AvgIpc) is 2.70. The Hall–Kier alpha value is -0.870. The molecule has 0 radical (unpaired) electrons. The van der Waals surface area contributed by atoms with Crippen molar-refractivity contribution in [3.63, 3.8) is 0 Å². The maximum absolute atomic E-state index is 9.56. The molecule has 4 nitrogen and oxygen atoms in total. The minimum absolute atomic E-state index is 0.120. The van der Waals surface area contributed by atoms with E-state index in [1.165, 1.54) is 0 Å². The van der Waals surface area contributed by atoms with Crippen molar-refractivity contribution in [2.75, 3.05) is 0 Å². The van der Waals surface area contributed by atoms with Crippen LogP contribution in [0.3, 0.4) is 0 Å². The van der Waals surface area contributed by atoms with E-state index in [1.54, 1.807) is 6.20 Å². The number of aromatic amines is 1. The van der Waals surface area contributed by atoms with Crippen LogP contribution < -0.4 is 5.32 Å². The second kappa shape index (κ2) is 4.77. The summed E-state index contributed by atoms with van der Waals surface area (Å²) >= 11 is 0. The van der Waals surface area contributed by atoms with Crippen LogP contribution in [0.2, 0.25) is 0 Å². The van der Waals surface area contributed by atoms with Crippen LogP contribution in [0.15, 0.2) is 12.3 Å². The number of nitrogens with one attached hydrogen (secondary N) is 2. The van der Waals surface area contributed by atoms with E-state index in [0.29, 0.717) is 6.04 Å². The topological polar surface area (TPSA) is 60.9 Å². The summed E-state index contributed by atoms with van der Waals surface area (Å²) in [5.74, 6) is 0. The van der Waals surface area contributed by atoms with E-state index >= 15 is 0 Å². The van der Waals surface area contributed by atoms with Gasteiger partial charge >= 0.3 is 0 Å². The van der Waals surface area contributed by atoms with Gasteiger partial charge in [-0.15, -0.1) is 0 Å². The summed E-state index contributed by atoms with van der Waals surface area (Å²) in [6.45, 7) is 2.12. The first-order valence-corrected chi connectivity index (χ1v) is 5.69. The van der Waals surface area contributed by atoms with Crippen molar-refractivity contribution in [2.45, 2.75) is 50.8 Å². The zero-order valence-corrected chi connectivity index (χ0v) is 9.11. The second-order valence-corrected chi connectivity index (χ2v) is 4.42. The molecule has 84 valence electrons. The Labute approximate surface area is 90.1 Å². The molecule has 15 heavy (non-hydrogen) atoms. The number of rotatable bonds is 3. The van der Waals surface area contributed by atoms with Gasteiger partial charge in [-0.1, -0.05) is 0 Å². The summed E-state index contributed by atoms with van der Waals surface area (Å²) in [4.78, 5) is 0. The van der Waals surface area contributed by atoms with Crippen LogP contribution in [-0.2, 0) is 0 Å². The average molecular weight is 209 g/mol. The fraction of sp³-hybridized carbons (Fsp3) is 0.727. The van der Waals surface area contributed by atoms with Gasteiger partial charge < -0.3 is 10.4 Å². The van der Waals surface area contributed by atoms with Gasteiger partial charge in [-0.05, 0) is 38.7 Å². The Morgan fingerprint density at radius 3 is 3.13 bits per heavy atom. The van der Waals surface area contributed by atoms with Gasteiger partial charge in [0.15, 0.2) is 0 Å². The fourth-order valence-corrected chi connectivity index (χ4v) is 2.27. The van der Waals surface area contributed by atoms with Gasteiger partial charge in [-0.25, -0.2) is 0 Å². The Bertz CT molecular complexity index is 286. The van der Waals surface area contributed by atoms with Crippen LogP contribution in [0.1, 0.15) is 44.3 Å². The quantitative estimate of drug-likeness (QED) is 0.704. The van der Waals surface area contributed by atoms with Crippen molar-refractivity contribution in [1.29, 1.82) is 0 Å². The van der Waals surface area contributed by atoms with Crippen molar-refractivity contribution in [2.24, 2.45) is 0 Å². The number of aliphatic hydroxyl groups is 1. The number of aliphatic hydroxyl groups excluding tert-OH is 1. The molecular formula is C11H19N3O. The Morgan fingerprint density at radius 2 is 2.47 bits per heavy atom. The van der Waals surface area contributed by atoms with Gasteiger partial charge in [-0.2, -0.15) is 5.10 Å². The van der Waals surface area contributed by atoms with Crippen LogP contribution in [0.25, 0.3) is 0 Å². The highest BCUT2D eigenvalue weighted by Gasteiger charge is 2.21. The summed E-state index contributed by atoms with van der Waals surface area (Å²) in [6, 6.07) is 2.70. The zero-order valence-electron chi connectivity index (χ0n) is 9.11. The third-order valence-corrected chi connectivity index (χ3v) is 3.12. The molecule has 0 aliphatic heterocycles. The molecule has 2 rings (SSSR count). The molecule has 1 aromatic rings. The van der Waals surface area contributed by atoms with E-state index in [1.807, 2.05) is 6.07 Å². The zero-order chi connectivity index (χ0) is 10.7. The lowest BCUT2D eigenvalue weighted by Crippen LogP contribution is -2.37. The number of aromatic nitrogens is 2. The Morgan fingerprint density at radius 1 is 1.60 bits per heavy atom. The Balaban J connectivity index is 1.86. The van der Waals surface area contributed by atoms with Crippen molar-refractivity contribution in [3.05, 3.63) is 18.0 Å². The van der Waals surface area contributed by atoms with Gasteiger partial charge in [0.1, 0.15) is 0 Å². The highest BCUT2D eigenvalue weighted by atomic mass is 16.3. The molecule has 1 heterocycles. The standard InChI is InChI=1S/C11H19N3O/c1-8(11-5-6-12-14-11)13-9-3-2-4-10(15)7-9/h5-6,8-10,13,15H,2-4,7H2,1H3,(H,12,14). The van der Waals surface area contributed by atoms with Crippen LogP contribution >= 0.6 is 0 Å². The predicted octanol–water partition coefficient (Wildman–Crippen LogP) is 1.36. The lowest BCUT2D eigenvalue weighted by Gasteiger charge is -2.29. The first-order valence-electron chi connectivity index (χ1n) is 5.69. The largest absolute Gasteiger partial charge is 0.393 e. The van der Waals surface area contributed by atoms with E-state index in [2.05, 4.69) is 22.4 Å². The van der Waals surface area contributed by atoms with Crippen molar-refractivity contribution in [1.82, 2.24) is 15.5 Å². The van der Waals surface area contributed by atoms with Gasteiger partial charge in [0, 0.05) is 18.3 Å². The summed E-state index contributed by atoms with van der Waals surface area (Å²) in [7, 11) is 0. The molecule has 3 unspecified atom stereocenters. The number of nitrogens with zero attached hydrogens (tertiary/aromatic N) is 1. The number of hydrogen-bond donors (Lipinski definition) is 3. The lowest BCUT2D eigenvalue weighted by molar-refractivity contribution is 0.109. The van der Waals surface area contributed by atoms with Crippen LogP contribution in [0.4, 0.5) is 0 Å². The predicted molar refractivity (Wildman–Crippen MR) is 58.4 cm³/mol. The van der Waals surface area contributed by atoms with E-state index < -0.39 is 0 Å². The molecule has 0 spiro atoms. The third-order valence-electron chi connectivity index (χ3n) is 3.12. The van der Waals surface area contributed by atoms with Gasteiger partial charge in [0.2, 0.25) is 0 Å². The monoisotopic (exact) mass is 209 g/mol. The molecule has 0 amide bonds. The minimum Gasteiger partial charge on any atom is -0.393 e. The first kappa shape index (κ1) is 10.6. The highest BCUT2D eigenvalue weighted by molar-refractivity contribution is 5.03. The molecule has 1 aromatic heterocycles. The van der Waals surface area contributed by atoms with Crippen LogP contribution in [0, 0.1) is 0 Å². The summed E-state index contributed by atoms with van der Waals surface area (Å²) < 4.78 is 0. The lowest BCUT2D eigenvalue weighted by atomic mass is 9.92. The normalized spacial score (nSPS) is 28.9. The summed E-state index contributed by atoms with van der Waals surface area (Å²) in [5, 5.41) is 20.0. The summed E-state index contributed by atoms with van der Waals surface area (Å²) in [5.41, 5.74) is 1.11. The van der Waals surface area contributed by atoms with E-state index in [4.69, 9.17) is 0 Å². The maximum atomic E-state index is 9.56. The molecule has 3 N–H and O–H groups in total. The molecule has 1 aliphatic rings. The SMILES string of the molecule is CC(NC1CCCC(O)C1)c1ccn[nH]1. The van der Waals surface area contributed by atoms with Crippen molar-refractivity contribution < 1.29 is 5.11 Å². The maximum Gasteiger partial charge on any atom is 0.0555 e. The molecule has 0 aromatic carbocycles. The van der Waals surface area contributed by atoms with E-state index in [-0.39, 0.29) is 12.1 Å². The number of H-pyrrole nitrogens is 1. The Kier molecular flexibility index (Phi) is 3.38. The number of hydrogen-bond acceptors (Lipinski definition) is 3. The molecular weight excluding hydrogens is 190 g/mol. The van der Waals surface area contributed by atoms with Crippen molar-refractivity contribution in [3.8, 4) is 0 Å². The molecule has 1 aliphatic carbocycles. The second-order valence-electron chi connectivity index (χ2n) is 4.42. The molecule has 3 atom stereocenters. The highest BCUT2D eigenvalue weighted by Crippen LogP contribution is 2.21. The fourth-order valence-electron chi connectivity index (χ4n) is 2.27. The van der Waals surface area contributed by atoms with E-state index in [0.717, 1.165) is 31.4 Å². The van der Waals surface area contributed by atoms with Crippen LogP contribution in [0.5, 0.6) is 0 Å². The van der Waals surface area contributed by atoms with Gasteiger partial charge in [0.25, 0.3) is 0 Å². The first-order chi connectivity index (χ1) is 7.25. The minimum atomic E-state index is -0.120. The molecule has 1 fully saturated rings. The molecule has 1 saturated carbocycles. The van der Waals surface area contributed by atoms with Gasteiger partial charge in [0.05, 0.1) is 11.8 Å². The van der Waals surface area contributed by atoms with Crippen molar-refractivity contribution >= 4 is 0 Å². The molecule has 0 saturated heterocycles. The smallest absolute Gasteiger partial charge is 0.0555 e. The molecule has 0 bridgehead atoms. The molecule has 4 heteroatoms. The third kappa shape index (κ3) is 2.79. The van der Waals surface area contributed by atoms with Crippen LogP contribution in [-0.4, -0.2) is 27.4 Å².